The van der Waals surface area contributed by atoms with E-state index < -0.39 is 15.6 Å². The molecule has 2 rings (SSSR count). The summed E-state index contributed by atoms with van der Waals surface area (Å²) in [6.45, 7) is 4.78. The summed E-state index contributed by atoms with van der Waals surface area (Å²) in [7, 11) is -3.59. The highest BCUT2D eigenvalue weighted by Gasteiger charge is 2.43. The van der Waals surface area contributed by atoms with E-state index in [2.05, 4.69) is 9.71 Å². The van der Waals surface area contributed by atoms with Crippen LogP contribution in [0.25, 0.3) is 0 Å². The highest BCUT2D eigenvalue weighted by atomic mass is 35.5. The third-order valence-electron chi connectivity index (χ3n) is 3.52. The Morgan fingerprint density at radius 2 is 2.21 bits per heavy atom. The normalized spacial score (nSPS) is 18.7. The fraction of sp³-hybridized carbons (Fsp3) is 0.727. The van der Waals surface area contributed by atoms with Crippen molar-refractivity contribution in [2.45, 2.75) is 43.8 Å². The van der Waals surface area contributed by atoms with Crippen LogP contribution in [-0.2, 0) is 16.6 Å². The van der Waals surface area contributed by atoms with E-state index in [1.54, 1.807) is 4.57 Å². The van der Waals surface area contributed by atoms with Crippen LogP contribution in [0.4, 0.5) is 0 Å². The van der Waals surface area contributed by atoms with Gasteiger partial charge in [-0.1, -0.05) is 0 Å². The molecule has 8 heteroatoms. The van der Waals surface area contributed by atoms with E-state index in [1.807, 2.05) is 13.8 Å². The Labute approximate surface area is 120 Å². The van der Waals surface area contributed by atoms with Gasteiger partial charge in [-0.3, -0.25) is 0 Å². The molecule has 6 nitrogen and oxygen atoms in total. The second-order valence-electron chi connectivity index (χ2n) is 5.04. The van der Waals surface area contributed by atoms with Crippen molar-refractivity contribution in [1.29, 1.82) is 0 Å². The van der Waals surface area contributed by atoms with Gasteiger partial charge in [-0.2, -0.15) is 0 Å². The number of aryl methyl sites for hydroxylation is 1. The van der Waals surface area contributed by atoms with Crippen LogP contribution in [0.2, 0.25) is 0 Å². The van der Waals surface area contributed by atoms with Crippen molar-refractivity contribution in [2.75, 3.05) is 6.54 Å². The van der Waals surface area contributed by atoms with Crippen LogP contribution in [0.15, 0.2) is 17.6 Å². The lowest BCUT2D eigenvalue weighted by atomic mass is 9.98. The van der Waals surface area contributed by atoms with Crippen LogP contribution < -0.4 is 10.5 Å². The molecular formula is C11H21ClN4O2S. The van der Waals surface area contributed by atoms with E-state index in [0.717, 1.165) is 12.8 Å². The molecule has 0 aliphatic heterocycles. The molecular weight excluding hydrogens is 288 g/mol. The second-order valence-corrected chi connectivity index (χ2v) is 6.67. The molecule has 3 N–H and O–H groups in total. The number of halogens is 1. The van der Waals surface area contributed by atoms with Crippen molar-refractivity contribution in [2.24, 2.45) is 11.7 Å². The van der Waals surface area contributed by atoms with E-state index in [4.69, 9.17) is 5.73 Å². The predicted octanol–water partition coefficient (Wildman–Crippen LogP) is 0.730. The fourth-order valence-corrected chi connectivity index (χ4v) is 3.45. The van der Waals surface area contributed by atoms with Crippen LogP contribution in [0.1, 0.15) is 26.7 Å². The molecule has 1 aliphatic carbocycles. The maximum Gasteiger partial charge on any atom is 0.260 e. The van der Waals surface area contributed by atoms with Gasteiger partial charge in [0.25, 0.3) is 10.0 Å². The van der Waals surface area contributed by atoms with Crippen molar-refractivity contribution in [3.05, 3.63) is 12.5 Å². The first-order valence-corrected chi connectivity index (χ1v) is 7.65. The van der Waals surface area contributed by atoms with Gasteiger partial charge in [0, 0.05) is 24.8 Å². The monoisotopic (exact) mass is 308 g/mol. The van der Waals surface area contributed by atoms with E-state index in [9.17, 15) is 8.42 Å². The van der Waals surface area contributed by atoms with Crippen molar-refractivity contribution < 1.29 is 8.42 Å². The maximum absolute atomic E-state index is 12.2. The zero-order valence-electron chi connectivity index (χ0n) is 11.2. The third kappa shape index (κ3) is 3.47. The topological polar surface area (TPSA) is 90.0 Å². The van der Waals surface area contributed by atoms with Crippen LogP contribution in [0, 0.1) is 5.92 Å². The minimum absolute atomic E-state index is 0. The molecule has 0 amide bonds. The number of nitrogens with zero attached hydrogens (tertiary/aromatic N) is 2. The van der Waals surface area contributed by atoms with Gasteiger partial charge < -0.3 is 10.3 Å². The van der Waals surface area contributed by atoms with Crippen LogP contribution in [-0.4, -0.2) is 30.1 Å². The summed E-state index contributed by atoms with van der Waals surface area (Å²) < 4.78 is 28.9. The summed E-state index contributed by atoms with van der Waals surface area (Å²) in [5.74, 6) is 0.338. The number of imidazole rings is 1. The van der Waals surface area contributed by atoms with Gasteiger partial charge in [-0.25, -0.2) is 18.1 Å². The molecule has 1 aromatic heterocycles. The van der Waals surface area contributed by atoms with Gasteiger partial charge in [-0.05, 0) is 32.6 Å². The molecule has 19 heavy (non-hydrogen) atoms. The highest BCUT2D eigenvalue weighted by molar-refractivity contribution is 7.89. The highest BCUT2D eigenvalue weighted by Crippen LogP contribution is 2.39. The number of sulfonamides is 1. The fourth-order valence-electron chi connectivity index (χ4n) is 2.02. The number of nitrogens with two attached hydrogens (primary N) is 1. The third-order valence-corrected chi connectivity index (χ3v) is 5.02. The molecule has 0 aromatic carbocycles. The second kappa shape index (κ2) is 5.78. The van der Waals surface area contributed by atoms with Gasteiger partial charge in [0.1, 0.15) is 0 Å². The van der Waals surface area contributed by atoms with Crippen molar-refractivity contribution >= 4 is 22.4 Å². The molecule has 1 atom stereocenters. The molecule has 1 fully saturated rings. The maximum atomic E-state index is 12.2. The summed E-state index contributed by atoms with van der Waals surface area (Å²) in [4.78, 5) is 3.93. The van der Waals surface area contributed by atoms with Crippen molar-refractivity contribution in [3.63, 3.8) is 0 Å². The van der Waals surface area contributed by atoms with Gasteiger partial charge in [-0.15, -0.1) is 12.4 Å². The number of hydrogen-bond donors (Lipinski definition) is 2. The quantitative estimate of drug-likeness (QED) is 0.810. The van der Waals surface area contributed by atoms with E-state index in [-0.39, 0.29) is 17.4 Å². The summed E-state index contributed by atoms with van der Waals surface area (Å²) in [6.07, 6.45) is 5.11. The van der Waals surface area contributed by atoms with Crippen molar-refractivity contribution in [3.8, 4) is 0 Å². The van der Waals surface area contributed by atoms with Crippen LogP contribution in [0.5, 0.6) is 0 Å². The van der Waals surface area contributed by atoms with Crippen molar-refractivity contribution in [1.82, 2.24) is 14.3 Å². The Kier molecular flexibility index (Phi) is 5.00. The molecule has 1 saturated carbocycles. The standard InChI is InChI=1S/C11H20N4O2S.ClH/c1-3-15-6-10(13-8-15)18(16,17)14-11(2,7-12)9-4-5-9;/h6,8-9,14H,3-5,7,12H2,1-2H3;1H. The summed E-state index contributed by atoms with van der Waals surface area (Å²) in [5, 5.41) is 0.0599. The molecule has 0 radical (unpaired) electrons. The Hall–Kier alpha value is -0.630. The minimum Gasteiger partial charge on any atom is -0.336 e. The molecule has 1 aliphatic rings. The molecule has 0 saturated heterocycles. The Balaban J connectivity index is 0.00000180. The molecule has 110 valence electrons. The summed E-state index contributed by atoms with van der Waals surface area (Å²) in [6, 6.07) is 0. The minimum atomic E-state index is -3.59. The Morgan fingerprint density at radius 3 is 2.63 bits per heavy atom. The first-order chi connectivity index (χ1) is 8.41. The van der Waals surface area contributed by atoms with Gasteiger partial charge in [0.2, 0.25) is 0 Å². The number of nitrogens with one attached hydrogen (secondary N) is 1. The molecule has 0 bridgehead atoms. The molecule has 0 spiro atoms. The summed E-state index contributed by atoms with van der Waals surface area (Å²) in [5.41, 5.74) is 5.15. The lowest BCUT2D eigenvalue weighted by molar-refractivity contribution is 0.373. The average molecular weight is 309 g/mol. The number of rotatable bonds is 6. The van der Waals surface area contributed by atoms with Gasteiger partial charge >= 0.3 is 0 Å². The number of hydrogen-bond acceptors (Lipinski definition) is 4. The lowest BCUT2D eigenvalue weighted by Gasteiger charge is -2.28. The smallest absolute Gasteiger partial charge is 0.260 e. The Bertz CT molecular complexity index is 527. The van der Waals surface area contributed by atoms with E-state index >= 15 is 0 Å². The van der Waals surface area contributed by atoms with Crippen LogP contribution >= 0.6 is 12.4 Å². The molecule has 1 heterocycles. The largest absolute Gasteiger partial charge is 0.336 e. The average Bonchev–Trinajstić information content (AvgIpc) is 3.06. The Morgan fingerprint density at radius 1 is 1.58 bits per heavy atom. The SMILES string of the molecule is CCn1cnc(S(=O)(=O)NC(C)(CN)C2CC2)c1.Cl. The lowest BCUT2D eigenvalue weighted by Crippen LogP contribution is -2.53. The van der Waals surface area contributed by atoms with Gasteiger partial charge in [0.05, 0.1) is 6.33 Å². The van der Waals surface area contributed by atoms with Crippen LogP contribution in [0.3, 0.4) is 0 Å². The molecule has 1 unspecified atom stereocenters. The first kappa shape index (κ1) is 16.4. The number of aromatic nitrogens is 2. The molecule has 1 aromatic rings. The zero-order valence-corrected chi connectivity index (χ0v) is 12.8. The first-order valence-electron chi connectivity index (χ1n) is 6.17. The van der Waals surface area contributed by atoms with E-state index in [1.165, 1.54) is 12.5 Å². The predicted molar refractivity (Wildman–Crippen MR) is 75.7 cm³/mol. The van der Waals surface area contributed by atoms with Gasteiger partial charge in [0.15, 0.2) is 5.03 Å². The van der Waals surface area contributed by atoms with E-state index in [0.29, 0.717) is 19.0 Å². The summed E-state index contributed by atoms with van der Waals surface area (Å²) >= 11 is 0. The zero-order chi connectivity index (χ0) is 13.4.